The lowest BCUT2D eigenvalue weighted by molar-refractivity contribution is 0.0855. The highest BCUT2D eigenvalue weighted by atomic mass is 32.2. The Morgan fingerprint density at radius 1 is 1.17 bits per heavy atom. The third kappa shape index (κ3) is 3.36. The average molecular weight is 342 g/mol. The number of aliphatic imine (C=N–C) groups is 1. The standard InChI is InChI=1S/C19H19FN2OS/c1-12-5-4-6-13(2)17(12)21-19-22(11-14(3)24-19)18(23)15-7-9-16(20)10-8-15/h4-10,14H,11H2,1-3H3/t14-/m1/s1. The molecule has 0 N–H and O–H groups in total. The van der Waals surface area contributed by atoms with Gasteiger partial charge in [-0.2, -0.15) is 0 Å². The van der Waals surface area contributed by atoms with Crippen molar-refractivity contribution >= 4 is 28.5 Å². The molecule has 2 aromatic rings. The topological polar surface area (TPSA) is 32.7 Å². The zero-order valence-electron chi connectivity index (χ0n) is 13.9. The molecule has 1 fully saturated rings. The molecule has 1 amide bonds. The summed E-state index contributed by atoms with van der Waals surface area (Å²) in [5.41, 5.74) is 3.54. The first kappa shape index (κ1) is 16.7. The number of carbonyl (C=O) groups excluding carboxylic acids is 1. The van der Waals surface area contributed by atoms with Gasteiger partial charge in [0.05, 0.1) is 5.69 Å². The van der Waals surface area contributed by atoms with Crippen LogP contribution in [0.5, 0.6) is 0 Å². The molecule has 0 aliphatic carbocycles. The van der Waals surface area contributed by atoms with Gasteiger partial charge in [-0.3, -0.25) is 9.69 Å². The van der Waals surface area contributed by atoms with Gasteiger partial charge >= 0.3 is 0 Å². The van der Waals surface area contributed by atoms with E-state index in [1.54, 1.807) is 16.7 Å². The van der Waals surface area contributed by atoms with Crippen LogP contribution in [-0.4, -0.2) is 27.8 Å². The summed E-state index contributed by atoms with van der Waals surface area (Å²) >= 11 is 1.59. The van der Waals surface area contributed by atoms with Crippen LogP contribution in [0, 0.1) is 19.7 Å². The van der Waals surface area contributed by atoms with Crippen molar-refractivity contribution in [3.05, 3.63) is 65.0 Å². The molecular weight excluding hydrogens is 323 g/mol. The Bertz CT molecular complexity index is 781. The highest BCUT2D eigenvalue weighted by Crippen LogP contribution is 2.32. The summed E-state index contributed by atoms with van der Waals surface area (Å²) in [7, 11) is 0. The van der Waals surface area contributed by atoms with Gasteiger partial charge in [0.1, 0.15) is 5.82 Å². The Morgan fingerprint density at radius 2 is 1.79 bits per heavy atom. The van der Waals surface area contributed by atoms with Crippen LogP contribution in [0.4, 0.5) is 10.1 Å². The van der Waals surface area contributed by atoms with Gasteiger partial charge < -0.3 is 0 Å². The van der Waals surface area contributed by atoms with Gasteiger partial charge in [-0.05, 0) is 49.2 Å². The molecule has 0 spiro atoms. The number of halogens is 1. The van der Waals surface area contributed by atoms with Gasteiger partial charge in [-0.15, -0.1) is 0 Å². The molecule has 1 saturated heterocycles. The summed E-state index contributed by atoms with van der Waals surface area (Å²) in [6.45, 7) is 6.70. The Kier molecular flexibility index (Phi) is 4.71. The van der Waals surface area contributed by atoms with Crippen LogP contribution >= 0.6 is 11.8 Å². The first-order valence-electron chi connectivity index (χ1n) is 7.84. The maximum Gasteiger partial charge on any atom is 0.259 e. The maximum atomic E-state index is 13.1. The lowest BCUT2D eigenvalue weighted by atomic mass is 10.1. The minimum absolute atomic E-state index is 0.142. The number of para-hydroxylation sites is 1. The number of amidine groups is 1. The van der Waals surface area contributed by atoms with E-state index in [-0.39, 0.29) is 17.0 Å². The van der Waals surface area contributed by atoms with E-state index < -0.39 is 0 Å². The summed E-state index contributed by atoms with van der Waals surface area (Å²) in [6, 6.07) is 11.7. The number of nitrogens with zero attached hydrogens (tertiary/aromatic N) is 2. The van der Waals surface area contributed by atoms with Crippen molar-refractivity contribution in [2.45, 2.75) is 26.0 Å². The van der Waals surface area contributed by atoms with Crippen LogP contribution in [0.3, 0.4) is 0 Å². The molecule has 3 nitrogen and oxygen atoms in total. The predicted octanol–water partition coefficient (Wildman–Crippen LogP) is 4.71. The number of benzene rings is 2. The van der Waals surface area contributed by atoms with Crippen molar-refractivity contribution in [1.29, 1.82) is 0 Å². The normalized spacial score (nSPS) is 19.1. The Morgan fingerprint density at radius 3 is 2.42 bits per heavy atom. The van der Waals surface area contributed by atoms with Gasteiger partial charge in [0.25, 0.3) is 5.91 Å². The van der Waals surface area contributed by atoms with Gasteiger partial charge in [-0.1, -0.05) is 36.9 Å². The number of amides is 1. The summed E-state index contributed by atoms with van der Waals surface area (Å²) in [5, 5.41) is 0.978. The van der Waals surface area contributed by atoms with Crippen molar-refractivity contribution in [3.63, 3.8) is 0 Å². The van der Waals surface area contributed by atoms with E-state index in [1.165, 1.54) is 24.3 Å². The molecule has 1 atom stereocenters. The zero-order chi connectivity index (χ0) is 17.3. The maximum absolute atomic E-state index is 13.1. The molecule has 5 heteroatoms. The Hall–Kier alpha value is -2.14. The molecule has 0 unspecified atom stereocenters. The van der Waals surface area contributed by atoms with Crippen molar-refractivity contribution in [1.82, 2.24) is 4.90 Å². The van der Waals surface area contributed by atoms with Crippen LogP contribution in [-0.2, 0) is 0 Å². The summed E-state index contributed by atoms with van der Waals surface area (Å²) in [5.74, 6) is -0.489. The monoisotopic (exact) mass is 342 g/mol. The number of hydrogen-bond donors (Lipinski definition) is 0. The molecule has 1 aliphatic rings. The third-order valence-electron chi connectivity index (χ3n) is 3.96. The molecule has 0 saturated carbocycles. The fraction of sp³-hybridized carbons (Fsp3) is 0.263. The molecule has 0 aromatic heterocycles. The lowest BCUT2D eigenvalue weighted by Gasteiger charge is -2.17. The highest BCUT2D eigenvalue weighted by molar-refractivity contribution is 8.14. The third-order valence-corrected chi connectivity index (χ3v) is 5.03. The van der Waals surface area contributed by atoms with Crippen LogP contribution in [0.2, 0.25) is 0 Å². The van der Waals surface area contributed by atoms with E-state index in [2.05, 4.69) is 6.92 Å². The van der Waals surface area contributed by atoms with Crippen LogP contribution in [0.15, 0.2) is 47.5 Å². The molecule has 1 aliphatic heterocycles. The highest BCUT2D eigenvalue weighted by Gasteiger charge is 2.31. The minimum Gasteiger partial charge on any atom is -0.286 e. The van der Waals surface area contributed by atoms with Gasteiger partial charge in [0.2, 0.25) is 0 Å². The van der Waals surface area contributed by atoms with Crippen LogP contribution in [0.25, 0.3) is 0 Å². The average Bonchev–Trinajstić information content (AvgIpc) is 2.92. The SMILES string of the molecule is Cc1cccc(C)c1N=C1S[C@H](C)CN1C(=O)c1ccc(F)cc1. The Balaban J connectivity index is 1.96. The molecule has 0 bridgehead atoms. The molecule has 24 heavy (non-hydrogen) atoms. The van der Waals surface area contributed by atoms with E-state index in [1.807, 2.05) is 32.0 Å². The molecular formula is C19H19FN2OS. The molecule has 3 rings (SSSR count). The fourth-order valence-electron chi connectivity index (χ4n) is 2.70. The van der Waals surface area contributed by atoms with Crippen LogP contribution < -0.4 is 0 Å². The van der Waals surface area contributed by atoms with Gasteiger partial charge in [0.15, 0.2) is 5.17 Å². The first-order chi connectivity index (χ1) is 11.5. The quantitative estimate of drug-likeness (QED) is 0.792. The summed E-state index contributed by atoms with van der Waals surface area (Å²) in [6.07, 6.45) is 0. The number of carbonyl (C=O) groups is 1. The largest absolute Gasteiger partial charge is 0.286 e. The number of hydrogen-bond acceptors (Lipinski definition) is 3. The van der Waals surface area contributed by atoms with Gasteiger partial charge in [0, 0.05) is 17.4 Å². The van der Waals surface area contributed by atoms with E-state index in [0.29, 0.717) is 17.3 Å². The van der Waals surface area contributed by atoms with Gasteiger partial charge in [-0.25, -0.2) is 9.38 Å². The molecule has 1 heterocycles. The lowest BCUT2D eigenvalue weighted by Crippen LogP contribution is -2.32. The second kappa shape index (κ2) is 6.77. The molecule has 2 aromatic carbocycles. The van der Waals surface area contributed by atoms with E-state index >= 15 is 0 Å². The molecule has 0 radical (unpaired) electrons. The molecule has 124 valence electrons. The summed E-state index contributed by atoms with van der Waals surface area (Å²) < 4.78 is 13.1. The predicted molar refractivity (Wildman–Crippen MR) is 97.5 cm³/mol. The number of thioether (sulfide) groups is 1. The Labute approximate surface area is 145 Å². The first-order valence-corrected chi connectivity index (χ1v) is 8.72. The van der Waals surface area contributed by atoms with Crippen molar-refractivity contribution in [3.8, 4) is 0 Å². The fourth-order valence-corrected chi connectivity index (χ4v) is 3.71. The zero-order valence-corrected chi connectivity index (χ0v) is 14.7. The van der Waals surface area contributed by atoms with Crippen molar-refractivity contribution in [2.24, 2.45) is 4.99 Å². The van der Waals surface area contributed by atoms with Crippen molar-refractivity contribution < 1.29 is 9.18 Å². The van der Waals surface area contributed by atoms with Crippen LogP contribution in [0.1, 0.15) is 28.4 Å². The second-order valence-electron chi connectivity index (χ2n) is 5.99. The summed E-state index contributed by atoms with van der Waals surface area (Å²) in [4.78, 5) is 19.2. The minimum atomic E-state index is -0.347. The van der Waals surface area contributed by atoms with Crippen molar-refractivity contribution in [2.75, 3.05) is 6.54 Å². The van der Waals surface area contributed by atoms with E-state index in [0.717, 1.165) is 16.8 Å². The van der Waals surface area contributed by atoms with E-state index in [9.17, 15) is 9.18 Å². The number of rotatable bonds is 2. The number of aryl methyl sites for hydroxylation is 2. The smallest absolute Gasteiger partial charge is 0.259 e. The second-order valence-corrected chi connectivity index (χ2v) is 7.39. The van der Waals surface area contributed by atoms with E-state index in [4.69, 9.17) is 4.99 Å².